The van der Waals surface area contributed by atoms with Crippen molar-refractivity contribution < 1.29 is 4.84 Å². The lowest BCUT2D eigenvalue weighted by molar-refractivity contribution is 0.1000. The molecule has 1 aliphatic rings. The third-order valence-corrected chi connectivity index (χ3v) is 4.62. The van der Waals surface area contributed by atoms with Gasteiger partial charge in [0.15, 0.2) is 6.10 Å². The molecule has 3 nitrogen and oxygen atoms in total. The predicted octanol–water partition coefficient (Wildman–Crippen LogP) is 5.47. The number of nitrogens with zero attached hydrogens (tertiary/aromatic N) is 2. The van der Waals surface area contributed by atoms with Crippen molar-refractivity contribution in [1.82, 2.24) is 0 Å². The molecule has 0 saturated heterocycles. The number of fused-ring (bicyclic) bond motifs is 2. The Morgan fingerprint density at radius 2 is 1.32 bits per heavy atom. The molecule has 0 amide bonds. The highest BCUT2D eigenvalue weighted by Gasteiger charge is 2.24. The van der Waals surface area contributed by atoms with E-state index in [0.717, 1.165) is 16.6 Å². The van der Waals surface area contributed by atoms with Crippen molar-refractivity contribution in [3.05, 3.63) is 90.5 Å². The van der Waals surface area contributed by atoms with Gasteiger partial charge in [-0.05, 0) is 27.8 Å². The van der Waals surface area contributed by atoms with Gasteiger partial charge in [-0.15, -0.1) is 5.17 Å². The van der Waals surface area contributed by atoms with Crippen LogP contribution in [0.1, 0.15) is 11.7 Å². The van der Waals surface area contributed by atoms with Crippen molar-refractivity contribution in [1.29, 1.82) is 0 Å². The first-order chi connectivity index (χ1) is 12.4. The van der Waals surface area contributed by atoms with E-state index in [1.165, 1.54) is 16.2 Å². The van der Waals surface area contributed by atoms with Gasteiger partial charge in [0.1, 0.15) is 0 Å². The van der Waals surface area contributed by atoms with Crippen LogP contribution in [0.5, 0.6) is 0 Å². The van der Waals surface area contributed by atoms with Crippen LogP contribution in [-0.2, 0) is 4.84 Å². The van der Waals surface area contributed by atoms with E-state index in [0.29, 0.717) is 0 Å². The molecule has 1 heterocycles. The number of benzene rings is 4. The summed E-state index contributed by atoms with van der Waals surface area (Å²) in [6.45, 7) is 0. The SMILES string of the molecule is C1=NN(c2cccc3ccccc23)OC1c1cccc2ccccc12. The lowest BCUT2D eigenvalue weighted by atomic mass is 10.0. The summed E-state index contributed by atoms with van der Waals surface area (Å²) in [5.74, 6) is 0. The van der Waals surface area contributed by atoms with Gasteiger partial charge in [0.05, 0.1) is 11.9 Å². The maximum atomic E-state index is 6.16. The van der Waals surface area contributed by atoms with Gasteiger partial charge in [0, 0.05) is 5.39 Å². The summed E-state index contributed by atoms with van der Waals surface area (Å²) in [5.41, 5.74) is 2.08. The Morgan fingerprint density at radius 1 is 0.680 bits per heavy atom. The summed E-state index contributed by atoms with van der Waals surface area (Å²) in [6.07, 6.45) is 1.67. The zero-order chi connectivity index (χ0) is 16.6. The molecule has 4 aromatic carbocycles. The summed E-state index contributed by atoms with van der Waals surface area (Å²) < 4.78 is 0. The minimum atomic E-state index is -0.190. The number of hydrazone groups is 1. The van der Waals surface area contributed by atoms with Gasteiger partial charge in [-0.1, -0.05) is 78.9 Å². The van der Waals surface area contributed by atoms with E-state index in [2.05, 4.69) is 65.8 Å². The van der Waals surface area contributed by atoms with Crippen LogP contribution in [0.25, 0.3) is 21.5 Å². The number of anilines is 1. The lowest BCUT2D eigenvalue weighted by Crippen LogP contribution is -2.14. The highest BCUT2D eigenvalue weighted by atomic mass is 16.7. The van der Waals surface area contributed by atoms with Gasteiger partial charge in [0.25, 0.3) is 0 Å². The maximum Gasteiger partial charge on any atom is 0.150 e. The van der Waals surface area contributed by atoms with Crippen molar-refractivity contribution >= 4 is 33.4 Å². The maximum absolute atomic E-state index is 6.16. The van der Waals surface area contributed by atoms with E-state index < -0.39 is 0 Å². The fourth-order valence-corrected chi connectivity index (χ4v) is 3.41. The Hall–Kier alpha value is -3.17. The fraction of sp³-hybridized carbons (Fsp3) is 0.0455. The molecule has 3 heteroatoms. The van der Waals surface area contributed by atoms with Crippen LogP contribution in [0.4, 0.5) is 5.69 Å². The second kappa shape index (κ2) is 5.72. The molecule has 0 N–H and O–H groups in total. The van der Waals surface area contributed by atoms with Gasteiger partial charge < -0.3 is 0 Å². The standard InChI is InChI=1S/C22H16N2O/c1-3-11-18-16(7-1)9-5-13-20(18)22-15-23-24(25-22)21-14-6-10-17-8-2-4-12-19(17)21/h1-15,22H. The molecule has 0 aliphatic carbocycles. The highest BCUT2D eigenvalue weighted by molar-refractivity contribution is 5.95. The molecule has 0 spiro atoms. The Morgan fingerprint density at radius 3 is 2.16 bits per heavy atom. The van der Waals surface area contributed by atoms with Crippen LogP contribution in [0.2, 0.25) is 0 Å². The topological polar surface area (TPSA) is 24.8 Å². The minimum Gasteiger partial charge on any atom is -0.238 e. The van der Waals surface area contributed by atoms with E-state index in [-0.39, 0.29) is 6.10 Å². The van der Waals surface area contributed by atoms with Gasteiger partial charge in [-0.2, -0.15) is 5.10 Å². The first-order valence-corrected chi connectivity index (χ1v) is 8.36. The van der Waals surface area contributed by atoms with Crippen LogP contribution in [0, 0.1) is 0 Å². The number of hydrogen-bond donors (Lipinski definition) is 0. The molecule has 0 saturated carbocycles. The van der Waals surface area contributed by atoms with E-state index in [1.807, 2.05) is 30.5 Å². The molecule has 0 fully saturated rings. The van der Waals surface area contributed by atoms with Crippen LogP contribution in [-0.4, -0.2) is 6.21 Å². The Labute approximate surface area is 145 Å². The van der Waals surface area contributed by atoms with Crippen LogP contribution >= 0.6 is 0 Å². The normalized spacial score (nSPS) is 16.8. The fourth-order valence-electron chi connectivity index (χ4n) is 3.41. The summed E-state index contributed by atoms with van der Waals surface area (Å²) in [6, 6.07) is 29.1. The molecule has 1 atom stereocenters. The summed E-state index contributed by atoms with van der Waals surface area (Å²) in [4.78, 5) is 6.16. The largest absolute Gasteiger partial charge is 0.238 e. The average molecular weight is 324 g/mol. The molecular formula is C22H16N2O. The molecule has 0 bridgehead atoms. The molecule has 0 radical (unpaired) electrons. The molecule has 1 unspecified atom stereocenters. The number of hydrogen-bond acceptors (Lipinski definition) is 3. The van der Waals surface area contributed by atoms with Crippen molar-refractivity contribution in [3.63, 3.8) is 0 Å². The lowest BCUT2D eigenvalue weighted by Gasteiger charge is -2.18. The van der Waals surface area contributed by atoms with E-state index in [4.69, 9.17) is 4.84 Å². The molecule has 4 aromatic rings. The van der Waals surface area contributed by atoms with E-state index in [1.54, 1.807) is 5.17 Å². The van der Waals surface area contributed by atoms with Gasteiger partial charge in [-0.3, -0.25) is 0 Å². The second-order valence-electron chi connectivity index (χ2n) is 6.13. The zero-order valence-corrected chi connectivity index (χ0v) is 13.5. The summed E-state index contributed by atoms with van der Waals surface area (Å²) in [5, 5.41) is 10.8. The Bertz CT molecular complexity index is 1010. The number of rotatable bonds is 2. The molecule has 5 rings (SSSR count). The summed E-state index contributed by atoms with van der Waals surface area (Å²) >= 11 is 0. The van der Waals surface area contributed by atoms with E-state index in [9.17, 15) is 0 Å². The zero-order valence-electron chi connectivity index (χ0n) is 13.5. The van der Waals surface area contributed by atoms with Gasteiger partial charge >= 0.3 is 0 Å². The molecule has 120 valence electrons. The van der Waals surface area contributed by atoms with Crippen LogP contribution < -0.4 is 5.17 Å². The average Bonchev–Trinajstić information content (AvgIpc) is 3.17. The van der Waals surface area contributed by atoms with Crippen molar-refractivity contribution in [2.24, 2.45) is 5.10 Å². The molecule has 1 aliphatic heterocycles. The predicted molar refractivity (Wildman–Crippen MR) is 103 cm³/mol. The van der Waals surface area contributed by atoms with Crippen LogP contribution in [0.3, 0.4) is 0 Å². The Kier molecular flexibility index (Phi) is 3.25. The molecule has 25 heavy (non-hydrogen) atoms. The highest BCUT2D eigenvalue weighted by Crippen LogP contribution is 2.34. The first-order valence-electron chi connectivity index (χ1n) is 8.36. The van der Waals surface area contributed by atoms with Crippen molar-refractivity contribution in [2.75, 3.05) is 5.17 Å². The van der Waals surface area contributed by atoms with Crippen LogP contribution in [0.15, 0.2) is 90.0 Å². The van der Waals surface area contributed by atoms with Gasteiger partial charge in [0.2, 0.25) is 0 Å². The van der Waals surface area contributed by atoms with Gasteiger partial charge in [-0.25, -0.2) is 4.84 Å². The monoisotopic (exact) mass is 324 g/mol. The summed E-state index contributed by atoms with van der Waals surface area (Å²) in [7, 11) is 0. The quantitative estimate of drug-likeness (QED) is 0.488. The smallest absolute Gasteiger partial charge is 0.150 e. The Balaban J connectivity index is 1.53. The van der Waals surface area contributed by atoms with E-state index >= 15 is 0 Å². The molecular weight excluding hydrogens is 308 g/mol. The van der Waals surface area contributed by atoms with Crippen molar-refractivity contribution in [2.45, 2.75) is 6.10 Å². The minimum absolute atomic E-state index is 0.190. The third kappa shape index (κ3) is 2.37. The third-order valence-electron chi connectivity index (χ3n) is 4.62. The van der Waals surface area contributed by atoms with Crippen molar-refractivity contribution in [3.8, 4) is 0 Å². The molecule has 0 aromatic heterocycles. The first kappa shape index (κ1) is 14.2. The second-order valence-corrected chi connectivity index (χ2v) is 6.13.